The van der Waals surface area contributed by atoms with Crippen LogP contribution in [0.5, 0.6) is 0 Å². The lowest BCUT2D eigenvalue weighted by Gasteiger charge is -2.11. The van der Waals surface area contributed by atoms with E-state index in [1.807, 2.05) is 0 Å². The highest BCUT2D eigenvalue weighted by molar-refractivity contribution is 5.95. The molecule has 4 rings (SSSR count). The molecule has 1 N–H and O–H groups in total. The van der Waals surface area contributed by atoms with Gasteiger partial charge in [-0.15, -0.1) is 0 Å². The van der Waals surface area contributed by atoms with Gasteiger partial charge in [0.15, 0.2) is 0 Å². The van der Waals surface area contributed by atoms with Gasteiger partial charge in [-0.05, 0) is 48.0 Å². The van der Waals surface area contributed by atoms with Crippen LogP contribution in [0.15, 0.2) is 73.1 Å². The molecule has 31 heavy (non-hydrogen) atoms. The van der Waals surface area contributed by atoms with Crippen LogP contribution in [0.4, 0.5) is 23.2 Å². The Balaban J connectivity index is 1.71. The molecule has 2 aromatic heterocycles. The Bertz CT molecular complexity index is 1260. The van der Waals surface area contributed by atoms with Gasteiger partial charge < -0.3 is 5.32 Å². The summed E-state index contributed by atoms with van der Waals surface area (Å²) in [5.74, 6) is -0.934. The molecule has 2 heterocycles. The maximum Gasteiger partial charge on any atom is 0.416 e. The highest BCUT2D eigenvalue weighted by Crippen LogP contribution is 2.32. The molecule has 0 bridgehead atoms. The van der Waals surface area contributed by atoms with E-state index in [9.17, 15) is 22.4 Å². The zero-order valence-corrected chi connectivity index (χ0v) is 15.9. The number of nitrogens with one attached hydrogen (secondary N) is 1. The molecule has 0 spiro atoms. The summed E-state index contributed by atoms with van der Waals surface area (Å²) in [5.41, 5.74) is 0.932. The van der Waals surface area contributed by atoms with Crippen LogP contribution in [0.25, 0.3) is 22.2 Å². The van der Waals surface area contributed by atoms with Crippen molar-refractivity contribution in [2.45, 2.75) is 12.6 Å². The average molecular weight is 425 g/mol. The maximum absolute atomic E-state index is 14.1. The number of nitrogens with zero attached hydrogens (tertiary/aromatic N) is 2. The number of alkyl halides is 3. The lowest BCUT2D eigenvalue weighted by molar-refractivity contribution is -0.137. The number of pyridine rings is 2. The van der Waals surface area contributed by atoms with Gasteiger partial charge >= 0.3 is 6.18 Å². The van der Waals surface area contributed by atoms with Crippen molar-refractivity contribution < 1.29 is 22.4 Å². The molecular weight excluding hydrogens is 410 g/mol. The van der Waals surface area contributed by atoms with E-state index in [-0.39, 0.29) is 12.0 Å². The van der Waals surface area contributed by atoms with Crippen molar-refractivity contribution in [1.82, 2.24) is 9.97 Å². The van der Waals surface area contributed by atoms with E-state index in [2.05, 4.69) is 15.3 Å². The van der Waals surface area contributed by atoms with Crippen molar-refractivity contribution in [2.75, 3.05) is 5.32 Å². The number of aromatic nitrogens is 2. The Morgan fingerprint density at radius 1 is 1.00 bits per heavy atom. The fourth-order valence-corrected chi connectivity index (χ4v) is 3.23. The molecule has 156 valence electrons. The molecule has 0 unspecified atom stereocenters. The van der Waals surface area contributed by atoms with Crippen molar-refractivity contribution in [2.24, 2.45) is 0 Å². The number of carbonyl (C=O) groups excluding carboxylic acids is 1. The minimum absolute atomic E-state index is 0.164. The Morgan fingerprint density at radius 3 is 2.58 bits per heavy atom. The summed E-state index contributed by atoms with van der Waals surface area (Å²) >= 11 is 0. The molecule has 4 aromatic rings. The molecule has 0 saturated heterocycles. The summed E-state index contributed by atoms with van der Waals surface area (Å²) in [6, 6.07) is 13.7. The first-order chi connectivity index (χ1) is 14.8. The Labute approximate surface area is 174 Å². The highest BCUT2D eigenvalue weighted by Gasteiger charge is 2.30. The Morgan fingerprint density at radius 2 is 1.84 bits per heavy atom. The first-order valence-corrected chi connectivity index (χ1v) is 9.26. The normalized spacial score (nSPS) is 11.5. The number of halogens is 4. The van der Waals surface area contributed by atoms with Crippen molar-refractivity contribution in [1.29, 1.82) is 0 Å². The summed E-state index contributed by atoms with van der Waals surface area (Å²) in [6.45, 7) is 0. The molecule has 0 aliphatic rings. The summed E-state index contributed by atoms with van der Waals surface area (Å²) in [4.78, 5) is 20.8. The molecule has 0 radical (unpaired) electrons. The number of carbonyl (C=O) groups is 1. The molecule has 0 aliphatic carbocycles. The van der Waals surface area contributed by atoms with Gasteiger partial charge in [-0.2, -0.15) is 13.2 Å². The lowest BCUT2D eigenvalue weighted by atomic mass is 10.0. The fraction of sp³-hybridized carbons (Fsp3) is 0.0870. The number of amides is 1. The number of hydrogen-bond donors (Lipinski definition) is 1. The molecule has 0 aliphatic heterocycles. The first kappa shape index (κ1) is 20.5. The van der Waals surface area contributed by atoms with E-state index >= 15 is 0 Å². The van der Waals surface area contributed by atoms with Crippen LogP contribution in [0.3, 0.4) is 0 Å². The Hall–Kier alpha value is -3.81. The van der Waals surface area contributed by atoms with Gasteiger partial charge in [-0.3, -0.25) is 9.78 Å². The standard InChI is InChI=1S/C23H15F4N3O/c24-18-10-15-6-7-20(14-3-1-4-17(9-14)23(25,26)27)30-22(15)16(11-18)12-21(31)29-19-5-2-8-28-13-19/h1-11,13H,12H2,(H,29,31). The number of benzene rings is 2. The topological polar surface area (TPSA) is 54.9 Å². The fourth-order valence-electron chi connectivity index (χ4n) is 3.23. The highest BCUT2D eigenvalue weighted by atomic mass is 19.4. The van der Waals surface area contributed by atoms with Crippen LogP contribution in [0, 0.1) is 5.82 Å². The van der Waals surface area contributed by atoms with Crippen LogP contribution < -0.4 is 5.32 Å². The van der Waals surface area contributed by atoms with Gasteiger partial charge in [0.25, 0.3) is 0 Å². The van der Waals surface area contributed by atoms with Crippen molar-refractivity contribution >= 4 is 22.5 Å². The summed E-state index contributed by atoms with van der Waals surface area (Å²) in [5, 5.41) is 3.11. The predicted molar refractivity (Wildman–Crippen MR) is 109 cm³/mol. The van der Waals surface area contributed by atoms with Crippen LogP contribution in [0.1, 0.15) is 11.1 Å². The lowest BCUT2D eigenvalue weighted by Crippen LogP contribution is -2.15. The number of hydrogen-bond acceptors (Lipinski definition) is 3. The molecule has 4 nitrogen and oxygen atoms in total. The second-order valence-electron chi connectivity index (χ2n) is 6.88. The third-order valence-corrected chi connectivity index (χ3v) is 4.62. The largest absolute Gasteiger partial charge is 0.416 e. The van der Waals surface area contributed by atoms with Crippen LogP contribution in [0.2, 0.25) is 0 Å². The van der Waals surface area contributed by atoms with Gasteiger partial charge in [0.2, 0.25) is 5.91 Å². The van der Waals surface area contributed by atoms with Gasteiger partial charge in [0.05, 0.1) is 35.1 Å². The zero-order valence-electron chi connectivity index (χ0n) is 15.9. The number of anilines is 1. The minimum Gasteiger partial charge on any atom is -0.324 e. The van der Waals surface area contributed by atoms with E-state index in [1.165, 1.54) is 36.5 Å². The van der Waals surface area contributed by atoms with E-state index in [1.54, 1.807) is 24.4 Å². The Kier molecular flexibility index (Phi) is 5.37. The van der Waals surface area contributed by atoms with Crippen LogP contribution in [-0.4, -0.2) is 15.9 Å². The second kappa shape index (κ2) is 8.14. The molecular formula is C23H15F4N3O. The third-order valence-electron chi connectivity index (χ3n) is 4.62. The van der Waals surface area contributed by atoms with Crippen molar-refractivity contribution in [3.05, 3.63) is 90.0 Å². The SMILES string of the molecule is O=C(Cc1cc(F)cc2ccc(-c3cccc(C(F)(F)F)c3)nc12)Nc1cccnc1. The number of fused-ring (bicyclic) bond motifs is 1. The second-order valence-corrected chi connectivity index (χ2v) is 6.88. The molecule has 0 fully saturated rings. The van der Waals surface area contributed by atoms with Crippen molar-refractivity contribution in [3.8, 4) is 11.3 Å². The summed E-state index contributed by atoms with van der Waals surface area (Å²) in [6.07, 6.45) is -1.60. The van der Waals surface area contributed by atoms with Gasteiger partial charge in [0.1, 0.15) is 5.82 Å². The predicted octanol–water partition coefficient (Wildman–Crippen LogP) is 5.64. The van der Waals surface area contributed by atoms with E-state index in [4.69, 9.17) is 0 Å². The van der Waals surface area contributed by atoms with Gasteiger partial charge in [-0.25, -0.2) is 9.37 Å². The van der Waals surface area contributed by atoms with Crippen LogP contribution in [-0.2, 0) is 17.4 Å². The third kappa shape index (κ3) is 4.69. The molecule has 2 aromatic carbocycles. The van der Waals surface area contributed by atoms with Gasteiger partial charge in [-0.1, -0.05) is 18.2 Å². The van der Waals surface area contributed by atoms with Crippen LogP contribution >= 0.6 is 0 Å². The van der Waals surface area contributed by atoms with E-state index in [0.29, 0.717) is 27.8 Å². The average Bonchev–Trinajstić information content (AvgIpc) is 2.73. The first-order valence-electron chi connectivity index (χ1n) is 9.26. The maximum atomic E-state index is 14.1. The smallest absolute Gasteiger partial charge is 0.324 e. The number of rotatable bonds is 4. The quantitative estimate of drug-likeness (QED) is 0.431. The molecule has 0 saturated carbocycles. The van der Waals surface area contributed by atoms with Gasteiger partial charge in [0, 0.05) is 17.1 Å². The molecule has 0 atom stereocenters. The van der Waals surface area contributed by atoms with E-state index < -0.39 is 23.5 Å². The summed E-state index contributed by atoms with van der Waals surface area (Å²) < 4.78 is 53.3. The van der Waals surface area contributed by atoms with Crippen molar-refractivity contribution in [3.63, 3.8) is 0 Å². The molecule has 8 heteroatoms. The van der Waals surface area contributed by atoms with E-state index in [0.717, 1.165) is 12.1 Å². The monoisotopic (exact) mass is 425 g/mol. The molecule has 1 amide bonds. The minimum atomic E-state index is -4.48. The summed E-state index contributed by atoms with van der Waals surface area (Å²) in [7, 11) is 0. The zero-order chi connectivity index (χ0) is 22.0.